The molecule has 2 N–H and O–H groups in total. The van der Waals surface area contributed by atoms with Crippen LogP contribution < -0.4 is 10.6 Å². The quantitative estimate of drug-likeness (QED) is 0.712. The molecule has 3 amide bonds. The van der Waals surface area contributed by atoms with Crippen molar-refractivity contribution < 1.29 is 19.1 Å². The van der Waals surface area contributed by atoms with Gasteiger partial charge < -0.3 is 20.3 Å². The molecule has 2 aliphatic heterocycles. The molecule has 0 radical (unpaired) electrons. The highest BCUT2D eigenvalue weighted by Crippen LogP contribution is 2.23. The average molecular weight is 421 g/mol. The number of nitrogens with one attached hydrogen (secondary N) is 2. The van der Waals surface area contributed by atoms with Gasteiger partial charge in [-0.15, -0.1) is 0 Å². The number of hydrogen-bond donors (Lipinski definition) is 2. The fourth-order valence-electron chi connectivity index (χ4n) is 4.10. The summed E-state index contributed by atoms with van der Waals surface area (Å²) in [5, 5.41) is 5.74. The van der Waals surface area contributed by atoms with Gasteiger partial charge in [-0.05, 0) is 36.1 Å². The minimum absolute atomic E-state index is 0.115. The molecule has 2 aromatic rings. The summed E-state index contributed by atoms with van der Waals surface area (Å²) in [7, 11) is 0. The maximum absolute atomic E-state index is 12.9. The number of ether oxygens (including phenoxy) is 1. The Bertz CT molecular complexity index is 945. The van der Waals surface area contributed by atoms with Crippen molar-refractivity contribution >= 4 is 17.7 Å². The van der Waals surface area contributed by atoms with Gasteiger partial charge in [0.05, 0.1) is 13.2 Å². The SMILES string of the molecule is CCc1ccc(C(=O)N[C@H]2C[C@H]3C(=O)N[C@@H](COCc4ccccc4)C(=O)N3C2)cc1. The molecule has 4 rings (SSSR count). The first-order chi connectivity index (χ1) is 15.0. The summed E-state index contributed by atoms with van der Waals surface area (Å²) in [6.45, 7) is 2.87. The van der Waals surface area contributed by atoms with Crippen molar-refractivity contribution in [2.45, 2.75) is 44.5 Å². The van der Waals surface area contributed by atoms with Gasteiger partial charge in [0.1, 0.15) is 12.1 Å². The van der Waals surface area contributed by atoms with Gasteiger partial charge in [-0.1, -0.05) is 49.4 Å². The van der Waals surface area contributed by atoms with Crippen molar-refractivity contribution in [3.05, 3.63) is 71.3 Å². The molecular weight excluding hydrogens is 394 g/mol. The largest absolute Gasteiger partial charge is 0.374 e. The lowest BCUT2D eigenvalue weighted by Gasteiger charge is -2.34. The second-order valence-corrected chi connectivity index (χ2v) is 8.02. The van der Waals surface area contributed by atoms with Crippen LogP contribution in [0.1, 0.15) is 34.8 Å². The van der Waals surface area contributed by atoms with Gasteiger partial charge >= 0.3 is 0 Å². The lowest BCUT2D eigenvalue weighted by molar-refractivity contribution is -0.148. The second-order valence-electron chi connectivity index (χ2n) is 8.02. The van der Waals surface area contributed by atoms with Crippen LogP contribution in [-0.2, 0) is 27.4 Å². The predicted molar refractivity (Wildman–Crippen MR) is 115 cm³/mol. The Kier molecular flexibility index (Phi) is 6.32. The van der Waals surface area contributed by atoms with Crippen LogP contribution in [0.25, 0.3) is 0 Å². The summed E-state index contributed by atoms with van der Waals surface area (Å²) in [6, 6.07) is 15.6. The molecule has 0 spiro atoms. The molecule has 2 fully saturated rings. The second kappa shape index (κ2) is 9.31. The van der Waals surface area contributed by atoms with E-state index in [1.165, 1.54) is 0 Å². The number of carbonyl (C=O) groups excluding carboxylic acids is 3. The summed E-state index contributed by atoms with van der Waals surface area (Å²) in [5.74, 6) is -0.554. The fourth-order valence-corrected chi connectivity index (χ4v) is 4.10. The Labute approximate surface area is 181 Å². The summed E-state index contributed by atoms with van der Waals surface area (Å²) in [5.41, 5.74) is 2.74. The average Bonchev–Trinajstić information content (AvgIpc) is 3.22. The van der Waals surface area contributed by atoms with E-state index in [9.17, 15) is 14.4 Å². The first kappa shape index (κ1) is 21.1. The van der Waals surface area contributed by atoms with E-state index in [0.29, 0.717) is 25.1 Å². The molecule has 31 heavy (non-hydrogen) atoms. The third-order valence-electron chi connectivity index (χ3n) is 5.86. The maximum Gasteiger partial charge on any atom is 0.251 e. The standard InChI is InChI=1S/C24H27N3O4/c1-2-16-8-10-18(11-9-16)22(28)25-19-12-21-23(29)26-20(24(30)27(21)13-19)15-31-14-17-6-4-3-5-7-17/h3-11,19-21H,2,12-15H2,1H3,(H,25,28)(H,26,29)/t19-,20-,21-/m0/s1. The van der Waals surface area contributed by atoms with Crippen LogP contribution in [-0.4, -0.2) is 53.9 Å². The Balaban J connectivity index is 1.32. The Morgan fingerprint density at radius 2 is 1.84 bits per heavy atom. The van der Waals surface area contributed by atoms with Crippen molar-refractivity contribution in [1.82, 2.24) is 15.5 Å². The van der Waals surface area contributed by atoms with Gasteiger partial charge in [0.15, 0.2) is 0 Å². The first-order valence-corrected chi connectivity index (χ1v) is 10.7. The van der Waals surface area contributed by atoms with Gasteiger partial charge in [0, 0.05) is 18.2 Å². The van der Waals surface area contributed by atoms with Gasteiger partial charge in [-0.25, -0.2) is 0 Å². The molecule has 162 valence electrons. The number of benzene rings is 2. The summed E-state index contributed by atoms with van der Waals surface area (Å²) in [4.78, 5) is 39.6. The number of fused-ring (bicyclic) bond motifs is 1. The number of rotatable bonds is 7. The highest BCUT2D eigenvalue weighted by molar-refractivity contribution is 5.98. The van der Waals surface area contributed by atoms with Gasteiger partial charge in [-0.2, -0.15) is 0 Å². The van der Waals surface area contributed by atoms with E-state index in [-0.39, 0.29) is 30.4 Å². The molecular formula is C24H27N3O4. The number of amides is 3. The van der Waals surface area contributed by atoms with Crippen LogP contribution in [0.3, 0.4) is 0 Å². The third-order valence-corrected chi connectivity index (χ3v) is 5.86. The molecule has 7 nitrogen and oxygen atoms in total. The van der Waals surface area contributed by atoms with Gasteiger partial charge in [0.25, 0.3) is 5.91 Å². The molecule has 2 aliphatic rings. The van der Waals surface area contributed by atoms with Crippen molar-refractivity contribution in [3.8, 4) is 0 Å². The minimum Gasteiger partial charge on any atom is -0.374 e. The number of hydrogen-bond acceptors (Lipinski definition) is 4. The predicted octanol–water partition coefficient (Wildman–Crippen LogP) is 1.66. The summed E-state index contributed by atoms with van der Waals surface area (Å²) in [6.07, 6.45) is 1.32. The minimum atomic E-state index is -0.705. The van der Waals surface area contributed by atoms with Crippen LogP contribution in [0.15, 0.2) is 54.6 Å². The molecule has 2 saturated heterocycles. The lowest BCUT2D eigenvalue weighted by Crippen LogP contribution is -2.62. The monoisotopic (exact) mass is 421 g/mol. The molecule has 2 heterocycles. The zero-order valence-electron chi connectivity index (χ0n) is 17.5. The molecule has 0 bridgehead atoms. The van der Waals surface area contributed by atoms with E-state index in [0.717, 1.165) is 17.5 Å². The van der Waals surface area contributed by atoms with Gasteiger partial charge in [0.2, 0.25) is 11.8 Å². The zero-order chi connectivity index (χ0) is 21.8. The van der Waals surface area contributed by atoms with E-state index in [1.807, 2.05) is 42.5 Å². The number of aryl methyl sites for hydroxylation is 1. The molecule has 0 unspecified atom stereocenters. The third kappa shape index (κ3) is 4.77. The van der Waals surface area contributed by atoms with E-state index in [1.54, 1.807) is 17.0 Å². The van der Waals surface area contributed by atoms with Crippen LogP contribution in [0.5, 0.6) is 0 Å². The Morgan fingerprint density at radius 1 is 1.10 bits per heavy atom. The van der Waals surface area contributed by atoms with E-state index in [4.69, 9.17) is 4.74 Å². The van der Waals surface area contributed by atoms with Crippen LogP contribution in [0.2, 0.25) is 0 Å². The molecule has 3 atom stereocenters. The smallest absolute Gasteiger partial charge is 0.251 e. The maximum atomic E-state index is 12.9. The van der Waals surface area contributed by atoms with Crippen LogP contribution in [0, 0.1) is 0 Å². The van der Waals surface area contributed by atoms with E-state index >= 15 is 0 Å². The molecule has 0 aliphatic carbocycles. The number of carbonyl (C=O) groups is 3. The van der Waals surface area contributed by atoms with Crippen molar-refractivity contribution in [3.63, 3.8) is 0 Å². The van der Waals surface area contributed by atoms with Gasteiger partial charge in [-0.3, -0.25) is 14.4 Å². The van der Waals surface area contributed by atoms with E-state index < -0.39 is 12.1 Å². The number of nitrogens with zero attached hydrogens (tertiary/aromatic N) is 1. The summed E-state index contributed by atoms with van der Waals surface area (Å²) >= 11 is 0. The first-order valence-electron chi connectivity index (χ1n) is 10.7. The van der Waals surface area contributed by atoms with Crippen molar-refractivity contribution in [2.75, 3.05) is 13.2 Å². The topological polar surface area (TPSA) is 87.7 Å². The molecule has 0 aromatic heterocycles. The number of piperazine rings is 1. The fraction of sp³-hybridized carbons (Fsp3) is 0.375. The Hall–Kier alpha value is -3.19. The lowest BCUT2D eigenvalue weighted by atomic mass is 10.1. The molecule has 7 heteroatoms. The Morgan fingerprint density at radius 3 is 2.55 bits per heavy atom. The molecule has 0 saturated carbocycles. The highest BCUT2D eigenvalue weighted by Gasteiger charge is 2.46. The highest BCUT2D eigenvalue weighted by atomic mass is 16.5. The van der Waals surface area contributed by atoms with Crippen molar-refractivity contribution in [1.29, 1.82) is 0 Å². The van der Waals surface area contributed by atoms with E-state index in [2.05, 4.69) is 17.6 Å². The molecule has 2 aromatic carbocycles. The van der Waals surface area contributed by atoms with Crippen molar-refractivity contribution in [2.24, 2.45) is 0 Å². The van der Waals surface area contributed by atoms with Crippen LogP contribution in [0.4, 0.5) is 0 Å². The van der Waals surface area contributed by atoms with Crippen LogP contribution >= 0.6 is 0 Å². The summed E-state index contributed by atoms with van der Waals surface area (Å²) < 4.78 is 5.66. The normalized spacial score (nSPS) is 22.7. The zero-order valence-corrected chi connectivity index (χ0v) is 17.5.